The molecule has 2 aromatic carbocycles. The lowest BCUT2D eigenvalue weighted by molar-refractivity contribution is 0.299. The van der Waals surface area contributed by atoms with E-state index in [1.807, 2.05) is 30.3 Å². The van der Waals surface area contributed by atoms with Gasteiger partial charge in [-0.15, -0.1) is 0 Å². The molecule has 0 amide bonds. The van der Waals surface area contributed by atoms with Crippen molar-refractivity contribution in [3.8, 4) is 16.9 Å². The third kappa shape index (κ3) is 2.78. The number of ether oxygens (including phenoxy) is 1. The molecule has 0 saturated heterocycles. The fraction of sp³-hybridized carbons (Fsp3) is 0.250. The van der Waals surface area contributed by atoms with Gasteiger partial charge in [0.2, 0.25) is 0 Å². The monoisotopic (exact) mass is 418 g/mol. The van der Waals surface area contributed by atoms with E-state index < -0.39 is 0 Å². The van der Waals surface area contributed by atoms with Crippen LogP contribution in [0.1, 0.15) is 18.4 Å². The number of alkyl halides is 1. The maximum Gasteiger partial charge on any atom is 0.149 e. The van der Waals surface area contributed by atoms with E-state index in [9.17, 15) is 0 Å². The van der Waals surface area contributed by atoms with Crippen LogP contribution in [-0.2, 0) is 6.42 Å². The van der Waals surface area contributed by atoms with E-state index in [1.165, 1.54) is 5.56 Å². The van der Waals surface area contributed by atoms with E-state index in [1.54, 1.807) is 0 Å². The summed E-state index contributed by atoms with van der Waals surface area (Å²) in [4.78, 5) is 0. The summed E-state index contributed by atoms with van der Waals surface area (Å²) in [5.74, 6) is 0.930. The summed E-state index contributed by atoms with van der Waals surface area (Å²) in [7, 11) is 0. The molecule has 0 saturated carbocycles. The maximum atomic E-state index is 6.34. The van der Waals surface area contributed by atoms with Crippen molar-refractivity contribution in [3.63, 3.8) is 0 Å². The van der Waals surface area contributed by atoms with Crippen LogP contribution in [-0.4, -0.2) is 4.11 Å². The van der Waals surface area contributed by atoms with Crippen molar-refractivity contribution >= 4 is 45.8 Å². The first-order chi connectivity index (χ1) is 9.66. The average Bonchev–Trinajstić information content (AvgIpc) is 2.60. The predicted octanol–water partition coefficient (Wildman–Crippen LogP) is 6.14. The molecule has 0 radical (unpaired) electrons. The molecule has 20 heavy (non-hydrogen) atoms. The van der Waals surface area contributed by atoms with E-state index in [0.717, 1.165) is 36.1 Å². The zero-order valence-corrected chi connectivity index (χ0v) is 14.4. The molecule has 4 heteroatoms. The third-order valence-electron chi connectivity index (χ3n) is 3.45. The molecule has 1 aliphatic heterocycles. The fourth-order valence-corrected chi connectivity index (χ4v) is 3.81. The minimum Gasteiger partial charge on any atom is -0.479 e. The quantitative estimate of drug-likeness (QED) is 0.399. The molecule has 0 N–H and O–H groups in total. The third-order valence-corrected chi connectivity index (χ3v) is 4.96. The van der Waals surface area contributed by atoms with Crippen LogP contribution in [0.25, 0.3) is 11.1 Å². The fourth-order valence-electron chi connectivity index (χ4n) is 2.51. The van der Waals surface area contributed by atoms with Gasteiger partial charge < -0.3 is 4.74 Å². The molecular formula is C16H13Cl2IO. The number of hydrogen-bond acceptors (Lipinski definition) is 1. The van der Waals surface area contributed by atoms with Crippen LogP contribution in [0.3, 0.4) is 0 Å². The molecule has 1 heterocycles. The van der Waals surface area contributed by atoms with Gasteiger partial charge in [0.25, 0.3) is 0 Å². The highest BCUT2D eigenvalue weighted by atomic mass is 127. The number of aryl methyl sites for hydroxylation is 1. The number of halogens is 3. The summed E-state index contributed by atoms with van der Waals surface area (Å²) in [6, 6.07) is 11.8. The van der Waals surface area contributed by atoms with Gasteiger partial charge >= 0.3 is 0 Å². The Morgan fingerprint density at radius 2 is 1.75 bits per heavy atom. The summed E-state index contributed by atoms with van der Waals surface area (Å²) < 4.78 is 6.31. The second kappa shape index (κ2) is 6.12. The molecule has 104 valence electrons. The summed E-state index contributed by atoms with van der Waals surface area (Å²) in [5, 5.41) is 1.31. The second-order valence-corrected chi connectivity index (χ2v) is 7.01. The molecule has 0 fully saturated rings. The zero-order valence-electron chi connectivity index (χ0n) is 10.7. The van der Waals surface area contributed by atoms with Crippen LogP contribution in [0.2, 0.25) is 10.0 Å². The molecule has 0 aliphatic carbocycles. The van der Waals surface area contributed by atoms with E-state index >= 15 is 0 Å². The molecule has 0 unspecified atom stereocenters. The van der Waals surface area contributed by atoms with Crippen molar-refractivity contribution in [2.75, 3.05) is 0 Å². The normalized spacial score (nSPS) is 18.1. The molecule has 0 spiro atoms. The highest BCUT2D eigenvalue weighted by Crippen LogP contribution is 2.43. The van der Waals surface area contributed by atoms with E-state index in [0.29, 0.717) is 10.0 Å². The average molecular weight is 419 g/mol. The van der Waals surface area contributed by atoms with Crippen molar-refractivity contribution < 1.29 is 4.74 Å². The lowest BCUT2D eigenvalue weighted by Crippen LogP contribution is -2.06. The Kier molecular flexibility index (Phi) is 4.43. The van der Waals surface area contributed by atoms with Crippen LogP contribution >= 0.6 is 45.8 Å². The van der Waals surface area contributed by atoms with E-state index in [-0.39, 0.29) is 4.11 Å². The van der Waals surface area contributed by atoms with E-state index in [4.69, 9.17) is 27.9 Å². The summed E-state index contributed by atoms with van der Waals surface area (Å²) >= 11 is 15.0. The maximum absolute atomic E-state index is 6.34. The Balaban J connectivity index is 2.20. The molecule has 0 aromatic heterocycles. The summed E-state index contributed by atoms with van der Waals surface area (Å²) in [6.45, 7) is 0. The largest absolute Gasteiger partial charge is 0.479 e. The summed E-state index contributed by atoms with van der Waals surface area (Å²) in [5.41, 5.74) is 3.08. The SMILES string of the molecule is Clc1cccc(Cl)c1-c1cccc2c1O[C@@H](I)CCC2. The van der Waals surface area contributed by atoms with Crippen molar-refractivity contribution in [1.29, 1.82) is 0 Å². The predicted molar refractivity (Wildman–Crippen MR) is 93.3 cm³/mol. The summed E-state index contributed by atoms with van der Waals surface area (Å²) in [6.07, 6.45) is 3.23. The Labute approximate surface area is 142 Å². The van der Waals surface area contributed by atoms with Gasteiger partial charge in [-0.05, 0) is 59.5 Å². The van der Waals surface area contributed by atoms with Gasteiger partial charge in [0.15, 0.2) is 0 Å². The van der Waals surface area contributed by atoms with Gasteiger partial charge in [0, 0.05) is 11.1 Å². The van der Waals surface area contributed by atoms with Gasteiger partial charge in [-0.2, -0.15) is 0 Å². The minimum atomic E-state index is 0.191. The van der Waals surface area contributed by atoms with Gasteiger partial charge in [0.1, 0.15) is 9.86 Å². The van der Waals surface area contributed by atoms with Crippen molar-refractivity contribution in [2.45, 2.75) is 23.4 Å². The van der Waals surface area contributed by atoms with Crippen LogP contribution in [0.4, 0.5) is 0 Å². The Bertz CT molecular complexity index is 622. The molecule has 1 aliphatic rings. The number of fused-ring (bicyclic) bond motifs is 1. The smallest absolute Gasteiger partial charge is 0.149 e. The number of hydrogen-bond donors (Lipinski definition) is 0. The van der Waals surface area contributed by atoms with Gasteiger partial charge in [-0.25, -0.2) is 0 Å². The van der Waals surface area contributed by atoms with Crippen molar-refractivity contribution in [3.05, 3.63) is 52.0 Å². The van der Waals surface area contributed by atoms with Gasteiger partial charge in [-0.3, -0.25) is 0 Å². The Hall–Kier alpha value is -0.450. The van der Waals surface area contributed by atoms with Crippen LogP contribution < -0.4 is 4.74 Å². The minimum absolute atomic E-state index is 0.191. The number of para-hydroxylation sites is 1. The van der Waals surface area contributed by atoms with Crippen molar-refractivity contribution in [1.82, 2.24) is 0 Å². The first-order valence-corrected chi connectivity index (χ1v) is 8.54. The second-order valence-electron chi connectivity index (χ2n) is 4.81. The molecule has 3 rings (SSSR count). The molecule has 1 atom stereocenters. The van der Waals surface area contributed by atoms with E-state index in [2.05, 4.69) is 28.7 Å². The first kappa shape index (κ1) is 14.5. The molecule has 0 bridgehead atoms. The Morgan fingerprint density at radius 1 is 1.05 bits per heavy atom. The lowest BCUT2D eigenvalue weighted by Gasteiger charge is -2.17. The highest BCUT2D eigenvalue weighted by Gasteiger charge is 2.21. The lowest BCUT2D eigenvalue weighted by atomic mass is 9.99. The molecule has 1 nitrogen and oxygen atoms in total. The molecule has 2 aromatic rings. The standard InChI is InChI=1S/C16H13Cl2IO/c17-12-7-3-8-13(18)15(12)11-6-1-4-10-5-2-9-14(19)20-16(10)11/h1,3-4,6-8,14H,2,5,9H2/t14-/m1/s1. The van der Waals surface area contributed by atoms with Gasteiger partial charge in [-0.1, -0.05) is 47.5 Å². The molecular weight excluding hydrogens is 406 g/mol. The number of benzene rings is 2. The van der Waals surface area contributed by atoms with Crippen molar-refractivity contribution in [2.24, 2.45) is 0 Å². The first-order valence-electron chi connectivity index (χ1n) is 6.54. The topological polar surface area (TPSA) is 9.23 Å². The number of rotatable bonds is 1. The zero-order chi connectivity index (χ0) is 14.1. The van der Waals surface area contributed by atoms with Crippen LogP contribution in [0, 0.1) is 0 Å². The Morgan fingerprint density at radius 3 is 2.50 bits per heavy atom. The van der Waals surface area contributed by atoms with Crippen LogP contribution in [0.15, 0.2) is 36.4 Å². The van der Waals surface area contributed by atoms with Gasteiger partial charge in [0.05, 0.1) is 10.0 Å². The van der Waals surface area contributed by atoms with Crippen LogP contribution in [0.5, 0.6) is 5.75 Å². The highest BCUT2D eigenvalue weighted by molar-refractivity contribution is 14.1.